The minimum atomic E-state index is -0.713. The molecular formula is C13H18N2O. The summed E-state index contributed by atoms with van der Waals surface area (Å²) in [5.74, 6) is 0. The highest BCUT2D eigenvalue weighted by molar-refractivity contribution is 5.55. The summed E-state index contributed by atoms with van der Waals surface area (Å²) >= 11 is 0. The van der Waals surface area contributed by atoms with Crippen molar-refractivity contribution in [2.45, 2.75) is 32.8 Å². The molecule has 1 atom stereocenters. The summed E-state index contributed by atoms with van der Waals surface area (Å²) in [4.78, 5) is 0. The van der Waals surface area contributed by atoms with Gasteiger partial charge in [0.15, 0.2) is 0 Å². The van der Waals surface area contributed by atoms with Gasteiger partial charge in [0.25, 0.3) is 0 Å². The van der Waals surface area contributed by atoms with Gasteiger partial charge < -0.3 is 10.4 Å². The van der Waals surface area contributed by atoms with Crippen molar-refractivity contribution in [3.05, 3.63) is 29.3 Å². The second kappa shape index (κ2) is 5.00. The molecule has 2 N–H and O–H groups in total. The smallest absolute Gasteiger partial charge is 0.0992 e. The van der Waals surface area contributed by atoms with Crippen LogP contribution in [0.4, 0.5) is 5.69 Å². The first-order valence-electron chi connectivity index (χ1n) is 5.45. The number of aliphatic hydroxyl groups is 1. The third kappa shape index (κ3) is 3.25. The second-order valence-corrected chi connectivity index (χ2v) is 4.35. The van der Waals surface area contributed by atoms with E-state index in [-0.39, 0.29) is 0 Å². The van der Waals surface area contributed by atoms with E-state index in [2.05, 4.69) is 11.4 Å². The maximum Gasteiger partial charge on any atom is 0.0992 e. The minimum absolute atomic E-state index is 0.485. The Kier molecular flexibility index (Phi) is 3.92. The molecule has 0 saturated carbocycles. The van der Waals surface area contributed by atoms with Gasteiger partial charge in [-0.2, -0.15) is 5.26 Å². The number of hydrogen-bond acceptors (Lipinski definition) is 3. The maximum atomic E-state index is 9.87. The zero-order valence-electron chi connectivity index (χ0n) is 10.0. The fourth-order valence-electron chi connectivity index (χ4n) is 1.29. The molecule has 1 aromatic rings. The monoisotopic (exact) mass is 218 g/mol. The SMILES string of the molecule is CCC(C)(O)CNc1cc(C#N)ccc1C. The Balaban J connectivity index is 2.78. The summed E-state index contributed by atoms with van der Waals surface area (Å²) < 4.78 is 0. The molecule has 3 nitrogen and oxygen atoms in total. The molecule has 0 aromatic heterocycles. The van der Waals surface area contributed by atoms with Crippen molar-refractivity contribution >= 4 is 5.69 Å². The van der Waals surface area contributed by atoms with Crippen LogP contribution in [-0.2, 0) is 0 Å². The number of hydrogen-bond donors (Lipinski definition) is 2. The molecule has 86 valence electrons. The van der Waals surface area contributed by atoms with Crippen LogP contribution in [0.25, 0.3) is 0 Å². The lowest BCUT2D eigenvalue weighted by molar-refractivity contribution is 0.0697. The average molecular weight is 218 g/mol. The predicted octanol–water partition coefficient (Wildman–Crippen LogP) is 2.44. The van der Waals surface area contributed by atoms with Gasteiger partial charge in [-0.05, 0) is 38.0 Å². The molecule has 0 radical (unpaired) electrons. The minimum Gasteiger partial charge on any atom is -0.388 e. The number of benzene rings is 1. The van der Waals surface area contributed by atoms with Gasteiger partial charge in [0.2, 0.25) is 0 Å². The Morgan fingerprint density at radius 1 is 1.50 bits per heavy atom. The first kappa shape index (κ1) is 12.5. The molecule has 0 aliphatic heterocycles. The van der Waals surface area contributed by atoms with E-state index in [9.17, 15) is 5.11 Å². The zero-order valence-corrected chi connectivity index (χ0v) is 10.0. The lowest BCUT2D eigenvalue weighted by Crippen LogP contribution is -2.32. The van der Waals surface area contributed by atoms with E-state index in [0.29, 0.717) is 18.5 Å². The standard InChI is InChI=1S/C13H18N2O/c1-4-13(3,16)9-15-12-7-11(8-14)6-5-10(12)2/h5-7,15-16H,4,9H2,1-3H3. The fourth-order valence-corrected chi connectivity index (χ4v) is 1.29. The first-order chi connectivity index (χ1) is 7.48. The van der Waals surface area contributed by atoms with Crippen LogP contribution in [0.2, 0.25) is 0 Å². The number of anilines is 1. The summed E-state index contributed by atoms with van der Waals surface area (Å²) in [6.45, 7) is 6.20. The number of nitrogens with zero attached hydrogens (tertiary/aromatic N) is 1. The quantitative estimate of drug-likeness (QED) is 0.816. The van der Waals surface area contributed by atoms with Crippen molar-refractivity contribution in [2.75, 3.05) is 11.9 Å². The molecular weight excluding hydrogens is 200 g/mol. The lowest BCUT2D eigenvalue weighted by Gasteiger charge is -2.23. The van der Waals surface area contributed by atoms with Gasteiger partial charge in [0.1, 0.15) is 0 Å². The Morgan fingerprint density at radius 3 is 2.75 bits per heavy atom. The van der Waals surface area contributed by atoms with Gasteiger partial charge in [-0.25, -0.2) is 0 Å². The molecule has 0 heterocycles. The van der Waals surface area contributed by atoms with E-state index in [1.54, 1.807) is 19.1 Å². The van der Waals surface area contributed by atoms with Gasteiger partial charge in [-0.1, -0.05) is 13.0 Å². The van der Waals surface area contributed by atoms with E-state index in [4.69, 9.17) is 5.26 Å². The number of nitriles is 1. The van der Waals surface area contributed by atoms with Crippen molar-refractivity contribution in [1.82, 2.24) is 0 Å². The molecule has 1 rings (SSSR count). The summed E-state index contributed by atoms with van der Waals surface area (Å²) in [5, 5.41) is 21.9. The molecule has 0 aliphatic carbocycles. The summed E-state index contributed by atoms with van der Waals surface area (Å²) in [6.07, 6.45) is 0.691. The van der Waals surface area contributed by atoms with E-state index in [1.807, 2.05) is 19.9 Å². The molecule has 0 aliphatic rings. The summed E-state index contributed by atoms with van der Waals surface area (Å²) in [7, 11) is 0. The van der Waals surface area contributed by atoms with E-state index in [1.165, 1.54) is 0 Å². The molecule has 0 saturated heterocycles. The lowest BCUT2D eigenvalue weighted by atomic mass is 10.0. The van der Waals surface area contributed by atoms with Crippen molar-refractivity contribution in [3.8, 4) is 6.07 Å². The zero-order chi connectivity index (χ0) is 12.2. The number of aryl methyl sites for hydroxylation is 1. The van der Waals surface area contributed by atoms with E-state index < -0.39 is 5.60 Å². The third-order valence-corrected chi connectivity index (χ3v) is 2.79. The predicted molar refractivity (Wildman–Crippen MR) is 65.3 cm³/mol. The second-order valence-electron chi connectivity index (χ2n) is 4.35. The van der Waals surface area contributed by atoms with Crippen LogP contribution in [0.1, 0.15) is 31.4 Å². The highest BCUT2D eigenvalue weighted by atomic mass is 16.3. The van der Waals surface area contributed by atoms with Gasteiger partial charge >= 0.3 is 0 Å². The summed E-state index contributed by atoms with van der Waals surface area (Å²) in [5.41, 5.74) is 1.90. The van der Waals surface area contributed by atoms with Crippen molar-refractivity contribution < 1.29 is 5.11 Å². The largest absolute Gasteiger partial charge is 0.388 e. The maximum absolute atomic E-state index is 9.87. The van der Waals surface area contributed by atoms with E-state index >= 15 is 0 Å². The van der Waals surface area contributed by atoms with Crippen LogP contribution in [-0.4, -0.2) is 17.3 Å². The van der Waals surface area contributed by atoms with Crippen LogP contribution in [0.5, 0.6) is 0 Å². The van der Waals surface area contributed by atoms with E-state index in [0.717, 1.165) is 11.3 Å². The van der Waals surface area contributed by atoms with Gasteiger partial charge in [0, 0.05) is 12.2 Å². The highest BCUT2D eigenvalue weighted by Crippen LogP contribution is 2.18. The van der Waals surface area contributed by atoms with Gasteiger partial charge in [-0.15, -0.1) is 0 Å². The van der Waals surface area contributed by atoms with Crippen LogP contribution < -0.4 is 5.32 Å². The Morgan fingerprint density at radius 2 is 2.19 bits per heavy atom. The van der Waals surface area contributed by atoms with Crippen molar-refractivity contribution in [2.24, 2.45) is 0 Å². The molecule has 0 spiro atoms. The summed E-state index contributed by atoms with van der Waals surface area (Å²) in [6, 6.07) is 7.60. The van der Waals surface area contributed by atoms with Crippen LogP contribution in [0.15, 0.2) is 18.2 Å². The Bertz CT molecular complexity index is 405. The molecule has 1 aromatic carbocycles. The highest BCUT2D eigenvalue weighted by Gasteiger charge is 2.17. The van der Waals surface area contributed by atoms with Crippen molar-refractivity contribution in [3.63, 3.8) is 0 Å². The molecule has 3 heteroatoms. The number of nitrogens with one attached hydrogen (secondary N) is 1. The van der Waals surface area contributed by atoms with Crippen LogP contribution >= 0.6 is 0 Å². The first-order valence-corrected chi connectivity index (χ1v) is 5.45. The molecule has 0 amide bonds. The van der Waals surface area contributed by atoms with Gasteiger partial charge in [0.05, 0.1) is 17.2 Å². The number of rotatable bonds is 4. The molecule has 16 heavy (non-hydrogen) atoms. The average Bonchev–Trinajstić information content (AvgIpc) is 2.28. The normalized spacial score (nSPS) is 13.9. The molecule has 1 unspecified atom stereocenters. The fraction of sp³-hybridized carbons (Fsp3) is 0.462. The Labute approximate surface area is 96.7 Å². The Hall–Kier alpha value is -1.53. The van der Waals surface area contributed by atoms with Gasteiger partial charge in [-0.3, -0.25) is 0 Å². The molecule has 0 fully saturated rings. The van der Waals surface area contributed by atoms with Crippen LogP contribution in [0.3, 0.4) is 0 Å². The van der Waals surface area contributed by atoms with Crippen LogP contribution in [0, 0.1) is 18.3 Å². The topological polar surface area (TPSA) is 56.0 Å². The van der Waals surface area contributed by atoms with Crippen molar-refractivity contribution in [1.29, 1.82) is 5.26 Å². The third-order valence-electron chi connectivity index (χ3n) is 2.79. The molecule has 0 bridgehead atoms.